The fourth-order valence-electron chi connectivity index (χ4n) is 2.93. The van der Waals surface area contributed by atoms with Gasteiger partial charge in [0.05, 0.1) is 11.2 Å². The molecule has 1 aliphatic rings. The molecule has 4 heteroatoms. The number of likely N-dealkylation sites (tertiary alicyclic amines) is 1. The quantitative estimate of drug-likeness (QED) is 0.868. The number of hydrogen-bond acceptors (Lipinski definition) is 4. The number of hydrogen-bond donors (Lipinski definition) is 1. The number of aromatic nitrogens is 1. The third-order valence-electron chi connectivity index (χ3n) is 4.22. The SMILES string of the molecule is CCCN1CCCC(C(C)NCc2scnc2C)C1. The highest BCUT2D eigenvalue weighted by atomic mass is 32.1. The fourth-order valence-corrected chi connectivity index (χ4v) is 3.66. The summed E-state index contributed by atoms with van der Waals surface area (Å²) in [4.78, 5) is 8.33. The van der Waals surface area contributed by atoms with Crippen molar-refractivity contribution in [1.29, 1.82) is 0 Å². The van der Waals surface area contributed by atoms with Gasteiger partial charge in [0.15, 0.2) is 0 Å². The maximum atomic E-state index is 4.31. The summed E-state index contributed by atoms with van der Waals surface area (Å²) in [5.74, 6) is 0.800. The van der Waals surface area contributed by atoms with Crippen LogP contribution in [-0.4, -0.2) is 35.6 Å². The molecule has 1 aromatic rings. The third kappa shape index (κ3) is 4.26. The highest BCUT2D eigenvalue weighted by Gasteiger charge is 2.23. The van der Waals surface area contributed by atoms with Crippen molar-refractivity contribution in [3.63, 3.8) is 0 Å². The summed E-state index contributed by atoms with van der Waals surface area (Å²) >= 11 is 1.76. The number of rotatable bonds is 6. The molecule has 2 atom stereocenters. The summed E-state index contributed by atoms with van der Waals surface area (Å²) in [5, 5.41) is 3.70. The molecule has 1 saturated heterocycles. The molecule has 0 radical (unpaired) electrons. The molecule has 0 spiro atoms. The van der Waals surface area contributed by atoms with Crippen LogP contribution in [0.15, 0.2) is 5.51 Å². The Morgan fingerprint density at radius 1 is 1.58 bits per heavy atom. The topological polar surface area (TPSA) is 28.2 Å². The Labute approximate surface area is 121 Å². The molecular weight excluding hydrogens is 254 g/mol. The number of aryl methyl sites for hydroxylation is 1. The van der Waals surface area contributed by atoms with Crippen LogP contribution in [0, 0.1) is 12.8 Å². The van der Waals surface area contributed by atoms with Gasteiger partial charge < -0.3 is 10.2 Å². The van der Waals surface area contributed by atoms with Crippen molar-refractivity contribution in [1.82, 2.24) is 15.2 Å². The van der Waals surface area contributed by atoms with Crippen LogP contribution >= 0.6 is 11.3 Å². The van der Waals surface area contributed by atoms with Crippen molar-refractivity contribution in [2.45, 2.75) is 52.6 Å². The van der Waals surface area contributed by atoms with Crippen LogP contribution in [0.4, 0.5) is 0 Å². The number of nitrogens with zero attached hydrogens (tertiary/aromatic N) is 2. The normalized spacial score (nSPS) is 22.6. The zero-order chi connectivity index (χ0) is 13.7. The molecule has 1 N–H and O–H groups in total. The van der Waals surface area contributed by atoms with Gasteiger partial charge in [0, 0.05) is 24.0 Å². The zero-order valence-corrected chi connectivity index (χ0v) is 13.3. The van der Waals surface area contributed by atoms with E-state index in [-0.39, 0.29) is 0 Å². The zero-order valence-electron chi connectivity index (χ0n) is 12.5. The molecule has 2 heterocycles. The van der Waals surface area contributed by atoms with E-state index in [1.807, 2.05) is 5.51 Å². The molecule has 0 bridgehead atoms. The van der Waals surface area contributed by atoms with E-state index in [1.54, 1.807) is 11.3 Å². The minimum absolute atomic E-state index is 0.598. The van der Waals surface area contributed by atoms with Gasteiger partial charge in [0.2, 0.25) is 0 Å². The maximum Gasteiger partial charge on any atom is 0.0798 e. The van der Waals surface area contributed by atoms with Crippen LogP contribution in [0.2, 0.25) is 0 Å². The smallest absolute Gasteiger partial charge is 0.0798 e. The van der Waals surface area contributed by atoms with E-state index < -0.39 is 0 Å². The van der Waals surface area contributed by atoms with Crippen LogP contribution in [0.3, 0.4) is 0 Å². The lowest BCUT2D eigenvalue weighted by atomic mass is 9.91. The number of thiazole rings is 1. The van der Waals surface area contributed by atoms with Crippen molar-refractivity contribution in [2.24, 2.45) is 5.92 Å². The first kappa shape index (κ1) is 14.9. The van der Waals surface area contributed by atoms with Crippen molar-refractivity contribution in [3.8, 4) is 0 Å². The van der Waals surface area contributed by atoms with Gasteiger partial charge in [0.25, 0.3) is 0 Å². The lowest BCUT2D eigenvalue weighted by Crippen LogP contribution is -2.44. The van der Waals surface area contributed by atoms with Gasteiger partial charge in [-0.05, 0) is 52.1 Å². The molecule has 2 unspecified atom stereocenters. The monoisotopic (exact) mass is 281 g/mol. The van der Waals surface area contributed by atoms with E-state index >= 15 is 0 Å². The Kier molecular flexibility index (Phi) is 5.79. The Hall–Kier alpha value is -0.450. The fraction of sp³-hybridized carbons (Fsp3) is 0.800. The molecule has 0 aromatic carbocycles. The number of nitrogens with one attached hydrogen (secondary N) is 1. The lowest BCUT2D eigenvalue weighted by Gasteiger charge is -2.36. The van der Waals surface area contributed by atoms with Crippen LogP contribution in [0.1, 0.15) is 43.7 Å². The summed E-state index contributed by atoms with van der Waals surface area (Å²) in [6.07, 6.45) is 4.00. The predicted octanol–water partition coefficient (Wildman–Crippen LogP) is 3.05. The Morgan fingerprint density at radius 2 is 2.42 bits per heavy atom. The first-order chi connectivity index (χ1) is 9.20. The van der Waals surface area contributed by atoms with Crippen LogP contribution < -0.4 is 5.32 Å². The van der Waals surface area contributed by atoms with E-state index in [2.05, 4.69) is 36.0 Å². The van der Waals surface area contributed by atoms with Gasteiger partial charge in [-0.2, -0.15) is 0 Å². The van der Waals surface area contributed by atoms with E-state index in [0.29, 0.717) is 6.04 Å². The number of piperidine rings is 1. The molecule has 2 rings (SSSR count). The molecule has 108 valence electrons. The second kappa shape index (κ2) is 7.36. The van der Waals surface area contributed by atoms with E-state index in [0.717, 1.165) is 12.5 Å². The minimum atomic E-state index is 0.598. The molecule has 3 nitrogen and oxygen atoms in total. The standard InChI is InChI=1S/C15H27N3S/c1-4-7-18-8-5-6-14(10-18)12(2)16-9-15-13(3)17-11-19-15/h11-12,14,16H,4-10H2,1-3H3. The summed E-state index contributed by atoms with van der Waals surface area (Å²) in [7, 11) is 0. The molecule has 19 heavy (non-hydrogen) atoms. The summed E-state index contributed by atoms with van der Waals surface area (Å²) in [6, 6.07) is 0.598. The van der Waals surface area contributed by atoms with Crippen molar-refractivity contribution < 1.29 is 0 Å². The molecule has 1 aliphatic heterocycles. The second-order valence-corrected chi connectivity index (χ2v) is 6.67. The van der Waals surface area contributed by atoms with Gasteiger partial charge in [0.1, 0.15) is 0 Å². The summed E-state index contributed by atoms with van der Waals surface area (Å²) in [5.41, 5.74) is 3.13. The summed E-state index contributed by atoms with van der Waals surface area (Å²) in [6.45, 7) is 11.5. The molecule has 1 fully saturated rings. The van der Waals surface area contributed by atoms with Crippen LogP contribution in [-0.2, 0) is 6.54 Å². The lowest BCUT2D eigenvalue weighted by molar-refractivity contribution is 0.150. The van der Waals surface area contributed by atoms with Gasteiger partial charge >= 0.3 is 0 Å². The van der Waals surface area contributed by atoms with Gasteiger partial charge in [-0.25, -0.2) is 4.98 Å². The molecule has 1 aromatic heterocycles. The highest BCUT2D eigenvalue weighted by molar-refractivity contribution is 7.09. The van der Waals surface area contributed by atoms with Gasteiger partial charge in [-0.3, -0.25) is 0 Å². The average Bonchev–Trinajstić information content (AvgIpc) is 2.82. The maximum absolute atomic E-state index is 4.31. The Balaban J connectivity index is 1.79. The Bertz CT molecular complexity index is 375. The van der Waals surface area contributed by atoms with E-state index in [9.17, 15) is 0 Å². The molecule has 0 aliphatic carbocycles. The average molecular weight is 281 g/mol. The molecule has 0 amide bonds. The highest BCUT2D eigenvalue weighted by Crippen LogP contribution is 2.21. The van der Waals surface area contributed by atoms with E-state index in [1.165, 1.54) is 49.5 Å². The predicted molar refractivity (Wildman–Crippen MR) is 82.6 cm³/mol. The summed E-state index contributed by atoms with van der Waals surface area (Å²) < 4.78 is 0. The van der Waals surface area contributed by atoms with Crippen LogP contribution in [0.5, 0.6) is 0 Å². The third-order valence-corrected chi connectivity index (χ3v) is 5.15. The molecular formula is C15H27N3S. The largest absolute Gasteiger partial charge is 0.309 e. The van der Waals surface area contributed by atoms with Crippen molar-refractivity contribution in [3.05, 3.63) is 16.1 Å². The van der Waals surface area contributed by atoms with Gasteiger partial charge in [-0.15, -0.1) is 11.3 Å². The van der Waals surface area contributed by atoms with Crippen molar-refractivity contribution in [2.75, 3.05) is 19.6 Å². The Morgan fingerprint density at radius 3 is 3.11 bits per heavy atom. The first-order valence-electron chi connectivity index (χ1n) is 7.55. The van der Waals surface area contributed by atoms with E-state index in [4.69, 9.17) is 0 Å². The first-order valence-corrected chi connectivity index (χ1v) is 8.43. The van der Waals surface area contributed by atoms with Gasteiger partial charge in [-0.1, -0.05) is 6.92 Å². The molecule has 0 saturated carbocycles. The minimum Gasteiger partial charge on any atom is -0.309 e. The van der Waals surface area contributed by atoms with Crippen molar-refractivity contribution >= 4 is 11.3 Å². The van der Waals surface area contributed by atoms with Crippen LogP contribution in [0.25, 0.3) is 0 Å². The second-order valence-electron chi connectivity index (χ2n) is 5.73.